The second kappa shape index (κ2) is 6.93. The van der Waals surface area contributed by atoms with Crippen LogP contribution in [0, 0.1) is 5.92 Å². The number of nitrogens with one attached hydrogen (secondary N) is 1. The quantitative estimate of drug-likeness (QED) is 0.917. The van der Waals surface area contributed by atoms with Crippen molar-refractivity contribution in [1.82, 2.24) is 4.98 Å². The summed E-state index contributed by atoms with van der Waals surface area (Å²) in [4.78, 5) is 6.99. The maximum absolute atomic E-state index is 5.51. The summed E-state index contributed by atoms with van der Waals surface area (Å²) in [6.07, 6.45) is 8.38. The van der Waals surface area contributed by atoms with Crippen molar-refractivity contribution in [2.75, 3.05) is 43.1 Å². The number of rotatable bonds is 4. The van der Waals surface area contributed by atoms with Crippen LogP contribution in [0.2, 0.25) is 0 Å². The fourth-order valence-electron chi connectivity index (χ4n) is 3.03. The van der Waals surface area contributed by atoms with Gasteiger partial charge in [-0.05, 0) is 50.2 Å². The Hall–Kier alpha value is -1.29. The molecule has 4 nitrogen and oxygen atoms in total. The van der Waals surface area contributed by atoms with Crippen molar-refractivity contribution in [3.63, 3.8) is 0 Å². The molecule has 4 heteroatoms. The van der Waals surface area contributed by atoms with Crippen LogP contribution in [-0.4, -0.2) is 37.8 Å². The summed E-state index contributed by atoms with van der Waals surface area (Å²) in [6, 6.07) is 4.30. The van der Waals surface area contributed by atoms with E-state index in [1.807, 2.05) is 6.20 Å². The maximum atomic E-state index is 5.51. The van der Waals surface area contributed by atoms with Gasteiger partial charge in [0.1, 0.15) is 5.82 Å². The third-order valence-electron chi connectivity index (χ3n) is 4.28. The fourth-order valence-corrected chi connectivity index (χ4v) is 3.03. The van der Waals surface area contributed by atoms with E-state index in [9.17, 15) is 0 Å². The molecule has 2 aliphatic heterocycles. The minimum Gasteiger partial charge on any atom is -0.383 e. The van der Waals surface area contributed by atoms with Crippen molar-refractivity contribution < 1.29 is 4.74 Å². The van der Waals surface area contributed by atoms with Gasteiger partial charge in [-0.2, -0.15) is 0 Å². The summed E-state index contributed by atoms with van der Waals surface area (Å²) in [7, 11) is 0. The van der Waals surface area contributed by atoms with E-state index in [1.54, 1.807) is 0 Å². The summed E-state index contributed by atoms with van der Waals surface area (Å²) in [6.45, 7) is 5.12. The lowest BCUT2D eigenvalue weighted by Gasteiger charge is -2.27. The molecule has 0 saturated carbocycles. The molecule has 2 aliphatic rings. The van der Waals surface area contributed by atoms with Gasteiger partial charge in [-0.25, -0.2) is 4.98 Å². The molecule has 0 spiro atoms. The van der Waals surface area contributed by atoms with Crippen LogP contribution in [0.1, 0.15) is 32.1 Å². The van der Waals surface area contributed by atoms with Crippen LogP contribution in [-0.2, 0) is 4.74 Å². The number of hydrogen-bond acceptors (Lipinski definition) is 4. The SMILES string of the molecule is c1cc(N2CCCCC2)ncc1NCC1CCCOC1. The highest BCUT2D eigenvalue weighted by Crippen LogP contribution is 2.20. The van der Waals surface area contributed by atoms with Crippen molar-refractivity contribution in [3.8, 4) is 0 Å². The van der Waals surface area contributed by atoms with E-state index < -0.39 is 0 Å². The van der Waals surface area contributed by atoms with Crippen LogP contribution >= 0.6 is 0 Å². The third-order valence-corrected chi connectivity index (χ3v) is 4.28. The van der Waals surface area contributed by atoms with Gasteiger partial charge in [-0.15, -0.1) is 0 Å². The average molecular weight is 275 g/mol. The topological polar surface area (TPSA) is 37.4 Å². The predicted molar refractivity (Wildman–Crippen MR) is 82.3 cm³/mol. The molecular formula is C16H25N3O. The number of hydrogen-bond donors (Lipinski definition) is 1. The molecule has 3 rings (SSSR count). The summed E-state index contributed by atoms with van der Waals surface area (Å²) in [5, 5.41) is 3.48. The number of ether oxygens (including phenoxy) is 1. The fraction of sp³-hybridized carbons (Fsp3) is 0.688. The molecule has 1 aromatic rings. The molecule has 2 saturated heterocycles. The lowest BCUT2D eigenvalue weighted by molar-refractivity contribution is 0.0595. The van der Waals surface area contributed by atoms with Gasteiger partial charge >= 0.3 is 0 Å². The second-order valence-electron chi connectivity index (χ2n) is 5.92. The van der Waals surface area contributed by atoms with Gasteiger partial charge in [0.25, 0.3) is 0 Å². The van der Waals surface area contributed by atoms with Crippen molar-refractivity contribution in [2.24, 2.45) is 5.92 Å². The van der Waals surface area contributed by atoms with Crippen molar-refractivity contribution >= 4 is 11.5 Å². The molecule has 1 N–H and O–H groups in total. The highest BCUT2D eigenvalue weighted by molar-refractivity contribution is 5.48. The van der Waals surface area contributed by atoms with Crippen LogP contribution in [0.5, 0.6) is 0 Å². The summed E-state index contributed by atoms with van der Waals surface area (Å²) < 4.78 is 5.51. The largest absolute Gasteiger partial charge is 0.383 e. The molecule has 1 aromatic heterocycles. The molecule has 20 heavy (non-hydrogen) atoms. The van der Waals surface area contributed by atoms with Crippen LogP contribution in [0.15, 0.2) is 18.3 Å². The molecule has 2 fully saturated rings. The van der Waals surface area contributed by atoms with Crippen LogP contribution in [0.4, 0.5) is 11.5 Å². The van der Waals surface area contributed by atoms with Crippen LogP contribution in [0.25, 0.3) is 0 Å². The van der Waals surface area contributed by atoms with Gasteiger partial charge in [0.15, 0.2) is 0 Å². The minimum absolute atomic E-state index is 0.644. The third kappa shape index (κ3) is 3.63. The van der Waals surface area contributed by atoms with E-state index in [1.165, 1.54) is 32.1 Å². The Morgan fingerprint density at radius 3 is 2.80 bits per heavy atom. The van der Waals surface area contributed by atoms with Gasteiger partial charge in [-0.3, -0.25) is 0 Å². The number of piperidine rings is 1. The first-order valence-corrected chi connectivity index (χ1v) is 7.94. The Morgan fingerprint density at radius 2 is 2.10 bits per heavy atom. The Bertz CT molecular complexity index is 395. The normalized spacial score (nSPS) is 23.6. The Morgan fingerprint density at radius 1 is 1.20 bits per heavy atom. The van der Waals surface area contributed by atoms with E-state index >= 15 is 0 Å². The molecule has 1 atom stereocenters. The Labute approximate surface area is 121 Å². The predicted octanol–water partition coefficient (Wildman–Crippen LogP) is 2.91. The standard InChI is InChI=1S/C16H25N3O/c1-2-8-19(9-3-1)16-7-6-15(12-18-16)17-11-14-5-4-10-20-13-14/h6-7,12,14,17H,1-5,8-11,13H2. The first-order chi connectivity index (χ1) is 9.92. The second-order valence-corrected chi connectivity index (χ2v) is 5.92. The molecule has 0 radical (unpaired) electrons. The van der Waals surface area contributed by atoms with E-state index in [4.69, 9.17) is 4.74 Å². The lowest BCUT2D eigenvalue weighted by Crippen LogP contribution is -2.30. The number of aromatic nitrogens is 1. The van der Waals surface area contributed by atoms with Crippen LogP contribution in [0.3, 0.4) is 0 Å². The number of pyridine rings is 1. The van der Waals surface area contributed by atoms with Crippen molar-refractivity contribution in [2.45, 2.75) is 32.1 Å². The zero-order chi connectivity index (χ0) is 13.6. The minimum atomic E-state index is 0.644. The first kappa shape index (κ1) is 13.7. The zero-order valence-corrected chi connectivity index (χ0v) is 12.2. The number of anilines is 2. The van der Waals surface area contributed by atoms with E-state index in [0.717, 1.165) is 44.4 Å². The molecule has 110 valence electrons. The molecule has 3 heterocycles. The summed E-state index contributed by atoms with van der Waals surface area (Å²) in [5.74, 6) is 1.77. The van der Waals surface area contributed by atoms with Crippen LogP contribution < -0.4 is 10.2 Å². The molecule has 0 amide bonds. The average Bonchev–Trinajstić information content (AvgIpc) is 2.55. The molecule has 1 unspecified atom stereocenters. The van der Waals surface area contributed by atoms with Gasteiger partial charge in [0.05, 0.1) is 18.5 Å². The monoisotopic (exact) mass is 275 g/mol. The highest BCUT2D eigenvalue weighted by Gasteiger charge is 2.14. The smallest absolute Gasteiger partial charge is 0.128 e. The van der Waals surface area contributed by atoms with E-state index in [0.29, 0.717) is 5.92 Å². The van der Waals surface area contributed by atoms with E-state index in [-0.39, 0.29) is 0 Å². The van der Waals surface area contributed by atoms with Crippen molar-refractivity contribution in [3.05, 3.63) is 18.3 Å². The number of nitrogens with zero attached hydrogens (tertiary/aromatic N) is 2. The van der Waals surface area contributed by atoms with Gasteiger partial charge in [-0.1, -0.05) is 0 Å². The van der Waals surface area contributed by atoms with Gasteiger partial charge in [0, 0.05) is 26.2 Å². The summed E-state index contributed by atoms with van der Waals surface area (Å²) >= 11 is 0. The molecular weight excluding hydrogens is 250 g/mol. The van der Waals surface area contributed by atoms with Gasteiger partial charge in [0.2, 0.25) is 0 Å². The first-order valence-electron chi connectivity index (χ1n) is 7.94. The molecule has 0 bridgehead atoms. The highest BCUT2D eigenvalue weighted by atomic mass is 16.5. The van der Waals surface area contributed by atoms with Crippen molar-refractivity contribution in [1.29, 1.82) is 0 Å². The maximum Gasteiger partial charge on any atom is 0.128 e. The Balaban J connectivity index is 1.50. The summed E-state index contributed by atoms with van der Waals surface area (Å²) in [5.41, 5.74) is 1.12. The molecule has 0 aromatic carbocycles. The zero-order valence-electron chi connectivity index (χ0n) is 12.2. The molecule has 0 aliphatic carbocycles. The Kier molecular flexibility index (Phi) is 4.74. The lowest BCUT2D eigenvalue weighted by atomic mass is 10.0. The van der Waals surface area contributed by atoms with E-state index in [2.05, 4.69) is 27.3 Å². The van der Waals surface area contributed by atoms with Gasteiger partial charge < -0.3 is 15.0 Å².